The number of nitrogens with one attached hydrogen (secondary N) is 2. The molecule has 0 unspecified atom stereocenters. The molecule has 21 heavy (non-hydrogen) atoms. The molecule has 1 amide bonds. The molecule has 0 radical (unpaired) electrons. The van der Waals surface area contributed by atoms with Crippen LogP contribution in [0, 0.1) is 5.41 Å². The maximum atomic E-state index is 12.7. The van der Waals surface area contributed by atoms with Gasteiger partial charge in [0.1, 0.15) is 0 Å². The average Bonchev–Trinajstić information content (AvgIpc) is 2.48. The highest BCUT2D eigenvalue weighted by Crippen LogP contribution is 2.31. The Hall–Kier alpha value is -1.10. The van der Waals surface area contributed by atoms with Crippen LogP contribution in [0.2, 0.25) is 5.02 Å². The van der Waals surface area contributed by atoms with Gasteiger partial charge in [0.15, 0.2) is 0 Å². The van der Waals surface area contributed by atoms with Crippen molar-refractivity contribution in [3.05, 3.63) is 34.9 Å². The van der Waals surface area contributed by atoms with Crippen LogP contribution in [-0.2, 0) is 9.53 Å². The SMILES string of the molecule is COCC1(C(=O)N[C@@H](C)c2ccccc2Cl)CCNCC1. The van der Waals surface area contributed by atoms with Gasteiger partial charge in [0.05, 0.1) is 18.1 Å². The number of rotatable bonds is 5. The van der Waals surface area contributed by atoms with E-state index in [1.807, 2.05) is 31.2 Å². The van der Waals surface area contributed by atoms with Crippen LogP contribution < -0.4 is 10.6 Å². The van der Waals surface area contributed by atoms with Crippen molar-refractivity contribution in [1.82, 2.24) is 10.6 Å². The van der Waals surface area contributed by atoms with E-state index in [0.717, 1.165) is 31.5 Å². The van der Waals surface area contributed by atoms with Crippen LogP contribution in [0.1, 0.15) is 31.4 Å². The second kappa shape index (κ2) is 7.25. The third-order valence-corrected chi connectivity index (χ3v) is 4.53. The van der Waals surface area contributed by atoms with Crippen LogP contribution in [0.5, 0.6) is 0 Å². The molecular formula is C16H23ClN2O2. The highest BCUT2D eigenvalue weighted by Gasteiger charge is 2.40. The quantitative estimate of drug-likeness (QED) is 0.878. The van der Waals surface area contributed by atoms with Crippen molar-refractivity contribution in [3.8, 4) is 0 Å². The average molecular weight is 311 g/mol. The molecule has 4 nitrogen and oxygen atoms in total. The molecule has 0 saturated carbocycles. The number of amides is 1. The third-order valence-electron chi connectivity index (χ3n) is 4.18. The summed E-state index contributed by atoms with van der Waals surface area (Å²) in [5, 5.41) is 7.07. The topological polar surface area (TPSA) is 50.4 Å². The number of hydrogen-bond acceptors (Lipinski definition) is 3. The Labute approximate surface area is 131 Å². The van der Waals surface area contributed by atoms with Crippen LogP contribution in [0.25, 0.3) is 0 Å². The van der Waals surface area contributed by atoms with E-state index < -0.39 is 5.41 Å². The summed E-state index contributed by atoms with van der Waals surface area (Å²) in [6.07, 6.45) is 1.59. The van der Waals surface area contributed by atoms with Crippen molar-refractivity contribution >= 4 is 17.5 Å². The second-order valence-corrected chi connectivity index (χ2v) is 6.09. The summed E-state index contributed by atoms with van der Waals surface area (Å²) in [4.78, 5) is 12.7. The molecule has 0 aliphatic carbocycles. The number of halogens is 1. The summed E-state index contributed by atoms with van der Waals surface area (Å²) < 4.78 is 5.30. The van der Waals surface area contributed by atoms with E-state index in [0.29, 0.717) is 11.6 Å². The number of carbonyl (C=O) groups is 1. The first-order chi connectivity index (χ1) is 10.1. The fraction of sp³-hybridized carbons (Fsp3) is 0.562. The Kier molecular flexibility index (Phi) is 5.62. The molecule has 1 aromatic carbocycles. The Morgan fingerprint density at radius 1 is 1.43 bits per heavy atom. The number of benzene rings is 1. The molecule has 0 spiro atoms. The molecule has 1 atom stereocenters. The van der Waals surface area contributed by atoms with Crippen molar-refractivity contribution in [2.24, 2.45) is 5.41 Å². The van der Waals surface area contributed by atoms with E-state index in [-0.39, 0.29) is 11.9 Å². The minimum atomic E-state index is -0.435. The molecule has 0 bridgehead atoms. The number of piperidine rings is 1. The summed E-state index contributed by atoms with van der Waals surface area (Å²) in [5.41, 5.74) is 0.504. The van der Waals surface area contributed by atoms with Crippen molar-refractivity contribution in [3.63, 3.8) is 0 Å². The fourth-order valence-corrected chi connectivity index (χ4v) is 3.17. The number of carbonyl (C=O) groups excluding carboxylic acids is 1. The summed E-state index contributed by atoms with van der Waals surface area (Å²) in [5.74, 6) is 0.0540. The van der Waals surface area contributed by atoms with Crippen molar-refractivity contribution in [1.29, 1.82) is 0 Å². The normalized spacial score (nSPS) is 19.0. The minimum absolute atomic E-state index is 0.0540. The molecule has 5 heteroatoms. The van der Waals surface area contributed by atoms with E-state index in [1.54, 1.807) is 7.11 Å². The molecule has 2 rings (SSSR count). The van der Waals surface area contributed by atoms with Gasteiger partial charge in [-0.3, -0.25) is 4.79 Å². The maximum Gasteiger partial charge on any atom is 0.229 e. The summed E-state index contributed by atoms with van der Waals surface area (Å²) >= 11 is 6.20. The van der Waals surface area contributed by atoms with Crippen molar-refractivity contribution < 1.29 is 9.53 Å². The van der Waals surface area contributed by atoms with Gasteiger partial charge in [-0.1, -0.05) is 29.8 Å². The van der Waals surface area contributed by atoms with Crippen LogP contribution in [0.15, 0.2) is 24.3 Å². The van der Waals surface area contributed by atoms with Gasteiger partial charge in [-0.15, -0.1) is 0 Å². The van der Waals surface area contributed by atoms with Gasteiger partial charge in [0.25, 0.3) is 0 Å². The highest BCUT2D eigenvalue weighted by atomic mass is 35.5. The Morgan fingerprint density at radius 2 is 2.10 bits per heavy atom. The number of ether oxygens (including phenoxy) is 1. The predicted octanol–water partition coefficient (Wildman–Crippen LogP) is 2.53. The van der Waals surface area contributed by atoms with Gasteiger partial charge < -0.3 is 15.4 Å². The van der Waals surface area contributed by atoms with Gasteiger partial charge in [-0.25, -0.2) is 0 Å². The van der Waals surface area contributed by atoms with Gasteiger partial charge in [-0.2, -0.15) is 0 Å². The first-order valence-corrected chi connectivity index (χ1v) is 7.72. The summed E-state index contributed by atoms with van der Waals surface area (Å²) in [7, 11) is 1.65. The molecule has 1 aromatic rings. The summed E-state index contributed by atoms with van der Waals surface area (Å²) in [6, 6.07) is 7.49. The van der Waals surface area contributed by atoms with Crippen molar-refractivity contribution in [2.75, 3.05) is 26.8 Å². The van der Waals surface area contributed by atoms with Gasteiger partial charge in [0, 0.05) is 12.1 Å². The zero-order valence-corrected chi connectivity index (χ0v) is 13.4. The maximum absolute atomic E-state index is 12.7. The summed E-state index contributed by atoms with van der Waals surface area (Å²) in [6.45, 7) is 4.10. The van der Waals surface area contributed by atoms with E-state index >= 15 is 0 Å². The fourth-order valence-electron chi connectivity index (χ4n) is 2.87. The van der Waals surface area contributed by atoms with Crippen LogP contribution in [0.3, 0.4) is 0 Å². The monoisotopic (exact) mass is 310 g/mol. The van der Waals surface area contributed by atoms with E-state index in [2.05, 4.69) is 10.6 Å². The van der Waals surface area contributed by atoms with Gasteiger partial charge in [-0.05, 0) is 44.5 Å². The standard InChI is InChI=1S/C16H23ClN2O2/c1-12(13-5-3-4-6-14(13)17)19-15(20)16(11-21-2)7-9-18-10-8-16/h3-6,12,18H,7-11H2,1-2H3,(H,19,20)/t12-/m0/s1. The molecule has 1 aliphatic heterocycles. The smallest absolute Gasteiger partial charge is 0.229 e. The number of methoxy groups -OCH3 is 1. The van der Waals surface area contributed by atoms with E-state index in [9.17, 15) is 4.79 Å². The highest BCUT2D eigenvalue weighted by molar-refractivity contribution is 6.31. The molecule has 1 fully saturated rings. The van der Waals surface area contributed by atoms with Crippen molar-refractivity contribution in [2.45, 2.75) is 25.8 Å². The largest absolute Gasteiger partial charge is 0.384 e. The molecule has 2 N–H and O–H groups in total. The molecule has 1 aliphatic rings. The van der Waals surface area contributed by atoms with Crippen LogP contribution in [0.4, 0.5) is 0 Å². The molecule has 0 aromatic heterocycles. The first-order valence-electron chi connectivity index (χ1n) is 7.34. The molecular weight excluding hydrogens is 288 g/mol. The minimum Gasteiger partial charge on any atom is -0.384 e. The molecule has 116 valence electrons. The van der Waals surface area contributed by atoms with E-state index in [4.69, 9.17) is 16.3 Å². The lowest BCUT2D eigenvalue weighted by atomic mass is 9.78. The predicted molar refractivity (Wildman–Crippen MR) is 84.4 cm³/mol. The zero-order valence-electron chi connectivity index (χ0n) is 12.6. The Bertz CT molecular complexity index is 481. The molecule has 1 saturated heterocycles. The zero-order chi connectivity index (χ0) is 15.3. The third kappa shape index (κ3) is 3.76. The lowest BCUT2D eigenvalue weighted by molar-refractivity contribution is -0.136. The van der Waals surface area contributed by atoms with Crippen LogP contribution >= 0.6 is 11.6 Å². The van der Waals surface area contributed by atoms with Gasteiger partial charge >= 0.3 is 0 Å². The lowest BCUT2D eigenvalue weighted by Gasteiger charge is -2.36. The lowest BCUT2D eigenvalue weighted by Crippen LogP contribution is -2.50. The first kappa shape index (κ1) is 16.3. The van der Waals surface area contributed by atoms with Gasteiger partial charge in [0.2, 0.25) is 5.91 Å². The van der Waals surface area contributed by atoms with Crippen LogP contribution in [-0.4, -0.2) is 32.7 Å². The number of hydrogen-bond donors (Lipinski definition) is 2. The Morgan fingerprint density at radius 3 is 2.71 bits per heavy atom. The second-order valence-electron chi connectivity index (χ2n) is 5.68. The molecule has 1 heterocycles. The Balaban J connectivity index is 2.10. The van der Waals surface area contributed by atoms with E-state index in [1.165, 1.54) is 0 Å².